The van der Waals surface area contributed by atoms with Crippen molar-refractivity contribution in [2.75, 3.05) is 7.11 Å². The van der Waals surface area contributed by atoms with Crippen LogP contribution in [0.5, 0.6) is 11.5 Å². The summed E-state index contributed by atoms with van der Waals surface area (Å²) < 4.78 is 44.0. The van der Waals surface area contributed by atoms with Crippen molar-refractivity contribution in [2.45, 2.75) is 6.36 Å². The molecule has 0 heterocycles. The van der Waals surface area contributed by atoms with Crippen LogP contribution >= 0.6 is 0 Å². The molecule has 0 bridgehead atoms. The summed E-state index contributed by atoms with van der Waals surface area (Å²) in [5, 5.41) is 8.54. The van der Waals surface area contributed by atoms with Crippen LogP contribution in [-0.2, 0) is 0 Å². The SMILES string of the molecule is COc1cc(C#N)cc(OC(F)(F)F)c1. The lowest BCUT2D eigenvalue weighted by Gasteiger charge is -2.10. The maximum Gasteiger partial charge on any atom is 0.573 e. The van der Waals surface area contributed by atoms with Gasteiger partial charge < -0.3 is 9.47 Å². The van der Waals surface area contributed by atoms with Crippen molar-refractivity contribution in [1.29, 1.82) is 5.26 Å². The van der Waals surface area contributed by atoms with Gasteiger partial charge in [0.2, 0.25) is 0 Å². The molecule has 0 unspecified atom stereocenters. The molecule has 0 radical (unpaired) electrons. The summed E-state index contributed by atoms with van der Waals surface area (Å²) >= 11 is 0. The number of halogens is 3. The zero-order valence-corrected chi connectivity index (χ0v) is 7.63. The van der Waals surface area contributed by atoms with Gasteiger partial charge in [0.25, 0.3) is 0 Å². The Kier molecular flexibility index (Phi) is 3.04. The second-order valence-corrected chi connectivity index (χ2v) is 2.56. The zero-order valence-electron chi connectivity index (χ0n) is 7.63. The summed E-state index contributed by atoms with van der Waals surface area (Å²) in [6.07, 6.45) is -4.78. The molecule has 0 aliphatic carbocycles. The molecule has 0 N–H and O–H groups in total. The van der Waals surface area contributed by atoms with Crippen molar-refractivity contribution in [3.63, 3.8) is 0 Å². The van der Waals surface area contributed by atoms with E-state index in [1.807, 2.05) is 0 Å². The Morgan fingerprint density at radius 2 is 1.80 bits per heavy atom. The van der Waals surface area contributed by atoms with Gasteiger partial charge in [-0.3, -0.25) is 0 Å². The molecule has 1 aromatic rings. The Morgan fingerprint density at radius 3 is 2.27 bits per heavy atom. The fourth-order valence-electron chi connectivity index (χ4n) is 0.947. The lowest BCUT2D eigenvalue weighted by atomic mass is 10.2. The third-order valence-electron chi connectivity index (χ3n) is 1.48. The zero-order chi connectivity index (χ0) is 11.5. The highest BCUT2D eigenvalue weighted by molar-refractivity contribution is 5.43. The van der Waals surface area contributed by atoms with Gasteiger partial charge in [-0.05, 0) is 12.1 Å². The molecule has 1 aromatic carbocycles. The summed E-state index contributed by atoms with van der Waals surface area (Å²) in [7, 11) is 1.29. The van der Waals surface area contributed by atoms with Crippen LogP contribution in [0.2, 0.25) is 0 Å². The van der Waals surface area contributed by atoms with Gasteiger partial charge in [-0.2, -0.15) is 5.26 Å². The van der Waals surface area contributed by atoms with E-state index in [9.17, 15) is 13.2 Å². The number of benzene rings is 1. The molecule has 0 saturated carbocycles. The predicted octanol–water partition coefficient (Wildman–Crippen LogP) is 2.47. The van der Waals surface area contributed by atoms with Crippen molar-refractivity contribution >= 4 is 0 Å². The number of nitriles is 1. The average molecular weight is 217 g/mol. The second-order valence-electron chi connectivity index (χ2n) is 2.56. The molecular weight excluding hydrogens is 211 g/mol. The monoisotopic (exact) mass is 217 g/mol. The molecule has 6 heteroatoms. The fraction of sp³-hybridized carbons (Fsp3) is 0.222. The Hall–Kier alpha value is -1.90. The molecule has 1 rings (SSSR count). The minimum Gasteiger partial charge on any atom is -0.497 e. The summed E-state index contributed by atoms with van der Waals surface area (Å²) in [6, 6.07) is 5.04. The Morgan fingerprint density at radius 1 is 1.20 bits per heavy atom. The summed E-state index contributed by atoms with van der Waals surface area (Å²) in [4.78, 5) is 0. The number of hydrogen-bond acceptors (Lipinski definition) is 3. The minimum absolute atomic E-state index is 0.0357. The van der Waals surface area contributed by atoms with E-state index < -0.39 is 12.1 Å². The first-order chi connectivity index (χ1) is 6.94. The first kappa shape index (κ1) is 11.2. The van der Waals surface area contributed by atoms with Crippen molar-refractivity contribution in [1.82, 2.24) is 0 Å². The number of methoxy groups -OCH3 is 1. The quantitative estimate of drug-likeness (QED) is 0.764. The van der Waals surface area contributed by atoms with E-state index in [2.05, 4.69) is 4.74 Å². The lowest BCUT2D eigenvalue weighted by Crippen LogP contribution is -2.17. The molecule has 80 valence electrons. The van der Waals surface area contributed by atoms with Gasteiger partial charge in [0.15, 0.2) is 0 Å². The molecule has 0 aromatic heterocycles. The van der Waals surface area contributed by atoms with E-state index >= 15 is 0 Å². The Balaban J connectivity index is 3.03. The van der Waals surface area contributed by atoms with Crippen LogP contribution in [0, 0.1) is 11.3 Å². The number of nitrogens with zero attached hydrogens (tertiary/aromatic N) is 1. The van der Waals surface area contributed by atoms with Gasteiger partial charge in [-0.15, -0.1) is 13.2 Å². The smallest absolute Gasteiger partial charge is 0.497 e. The molecule has 3 nitrogen and oxygen atoms in total. The normalized spacial score (nSPS) is 10.6. The van der Waals surface area contributed by atoms with Gasteiger partial charge in [0.1, 0.15) is 11.5 Å². The topological polar surface area (TPSA) is 42.2 Å². The third-order valence-corrected chi connectivity index (χ3v) is 1.48. The van der Waals surface area contributed by atoms with E-state index in [1.165, 1.54) is 13.2 Å². The molecule has 0 amide bonds. The summed E-state index contributed by atoms with van der Waals surface area (Å²) in [6.45, 7) is 0. The first-order valence-electron chi connectivity index (χ1n) is 3.79. The van der Waals surface area contributed by atoms with Crippen LogP contribution in [0.15, 0.2) is 18.2 Å². The van der Waals surface area contributed by atoms with E-state index in [0.717, 1.165) is 12.1 Å². The Labute approximate surface area is 83.6 Å². The number of ether oxygens (including phenoxy) is 2. The van der Waals surface area contributed by atoms with Gasteiger partial charge in [-0.25, -0.2) is 0 Å². The van der Waals surface area contributed by atoms with Crippen LogP contribution in [0.3, 0.4) is 0 Å². The van der Waals surface area contributed by atoms with E-state index in [4.69, 9.17) is 10.00 Å². The van der Waals surface area contributed by atoms with Crippen LogP contribution in [-0.4, -0.2) is 13.5 Å². The largest absolute Gasteiger partial charge is 0.573 e. The number of rotatable bonds is 2. The molecule has 0 fully saturated rings. The van der Waals surface area contributed by atoms with Crippen LogP contribution in [0.4, 0.5) is 13.2 Å². The van der Waals surface area contributed by atoms with Gasteiger partial charge in [-0.1, -0.05) is 0 Å². The van der Waals surface area contributed by atoms with Crippen LogP contribution < -0.4 is 9.47 Å². The maximum atomic E-state index is 11.9. The van der Waals surface area contributed by atoms with Crippen molar-refractivity contribution in [3.05, 3.63) is 23.8 Å². The lowest BCUT2D eigenvalue weighted by molar-refractivity contribution is -0.274. The molecule has 0 spiro atoms. The number of alkyl halides is 3. The van der Waals surface area contributed by atoms with Gasteiger partial charge >= 0.3 is 6.36 Å². The summed E-state index contributed by atoms with van der Waals surface area (Å²) in [5.41, 5.74) is 0.0357. The molecular formula is C9H6F3NO2. The third kappa shape index (κ3) is 3.38. The maximum absolute atomic E-state index is 11.9. The van der Waals surface area contributed by atoms with E-state index in [1.54, 1.807) is 6.07 Å². The molecule has 0 aliphatic heterocycles. The van der Waals surface area contributed by atoms with Crippen LogP contribution in [0.1, 0.15) is 5.56 Å². The fourth-order valence-corrected chi connectivity index (χ4v) is 0.947. The van der Waals surface area contributed by atoms with E-state index in [0.29, 0.717) is 0 Å². The van der Waals surface area contributed by atoms with Gasteiger partial charge in [0.05, 0.1) is 18.7 Å². The summed E-state index contributed by atoms with van der Waals surface area (Å²) in [5.74, 6) is -0.341. The highest BCUT2D eigenvalue weighted by Crippen LogP contribution is 2.27. The average Bonchev–Trinajstić information content (AvgIpc) is 2.14. The molecule has 15 heavy (non-hydrogen) atoms. The number of hydrogen-bond donors (Lipinski definition) is 0. The van der Waals surface area contributed by atoms with Crippen molar-refractivity contribution in [2.24, 2.45) is 0 Å². The van der Waals surface area contributed by atoms with E-state index in [-0.39, 0.29) is 11.3 Å². The first-order valence-corrected chi connectivity index (χ1v) is 3.79. The minimum atomic E-state index is -4.78. The highest BCUT2D eigenvalue weighted by atomic mass is 19.4. The Bertz CT molecular complexity index is 395. The van der Waals surface area contributed by atoms with Crippen molar-refractivity contribution in [3.8, 4) is 17.6 Å². The molecule has 0 aliphatic rings. The standard InChI is InChI=1S/C9H6F3NO2/c1-14-7-2-6(5-13)3-8(4-7)15-9(10,11)12/h2-4H,1H3. The van der Waals surface area contributed by atoms with Crippen LogP contribution in [0.25, 0.3) is 0 Å². The molecule has 0 atom stereocenters. The van der Waals surface area contributed by atoms with Crippen molar-refractivity contribution < 1.29 is 22.6 Å². The van der Waals surface area contributed by atoms with Gasteiger partial charge in [0, 0.05) is 6.07 Å². The predicted molar refractivity (Wildman–Crippen MR) is 44.4 cm³/mol. The molecule has 0 saturated heterocycles. The second kappa shape index (κ2) is 4.09. The highest BCUT2D eigenvalue weighted by Gasteiger charge is 2.31.